The molecule has 0 bridgehead atoms. The van der Waals surface area contributed by atoms with E-state index in [4.69, 9.17) is 14.9 Å². The summed E-state index contributed by atoms with van der Waals surface area (Å²) in [7, 11) is 1.58. The summed E-state index contributed by atoms with van der Waals surface area (Å²) >= 11 is 0. The van der Waals surface area contributed by atoms with Crippen LogP contribution in [-0.2, 0) is 11.3 Å². The maximum absolute atomic E-state index is 9.06. The fourth-order valence-electron chi connectivity index (χ4n) is 1.47. The Morgan fingerprint density at radius 3 is 2.53 bits per heavy atom. The van der Waals surface area contributed by atoms with E-state index >= 15 is 0 Å². The topological polar surface area (TPSA) is 99.5 Å². The Hall–Kier alpha value is -1.44. The molecule has 0 saturated heterocycles. The number of aromatic nitrogens is 2. The van der Waals surface area contributed by atoms with E-state index in [9.17, 15) is 0 Å². The van der Waals surface area contributed by atoms with Gasteiger partial charge in [-0.2, -0.15) is 0 Å². The van der Waals surface area contributed by atoms with E-state index in [0.717, 1.165) is 13.0 Å². The Morgan fingerprint density at radius 1 is 1.26 bits per heavy atom. The molecule has 108 valence electrons. The minimum Gasteiger partial charge on any atom is -0.394 e. The summed E-state index contributed by atoms with van der Waals surface area (Å²) < 4.78 is 5.02. The quantitative estimate of drug-likeness (QED) is 0.509. The van der Waals surface area contributed by atoms with E-state index in [2.05, 4.69) is 27.5 Å². The number of methoxy groups -OCH3 is 1. The van der Waals surface area contributed by atoms with Crippen molar-refractivity contribution in [2.45, 2.75) is 26.0 Å². The first kappa shape index (κ1) is 15.6. The largest absolute Gasteiger partial charge is 0.394 e. The lowest BCUT2D eigenvalue weighted by molar-refractivity contribution is 0.178. The van der Waals surface area contributed by atoms with Crippen LogP contribution in [0.15, 0.2) is 6.07 Å². The van der Waals surface area contributed by atoms with Gasteiger partial charge in [-0.3, -0.25) is 0 Å². The van der Waals surface area contributed by atoms with Gasteiger partial charge in [0.15, 0.2) is 5.82 Å². The monoisotopic (exact) mass is 270 g/mol. The van der Waals surface area contributed by atoms with Crippen LogP contribution in [0.5, 0.6) is 0 Å². The number of hydrogen-bond donors (Lipinski definition) is 4. The second-order valence-corrected chi connectivity index (χ2v) is 4.12. The first-order valence-electron chi connectivity index (χ1n) is 6.32. The van der Waals surface area contributed by atoms with Crippen LogP contribution in [0.25, 0.3) is 0 Å². The molecule has 0 saturated carbocycles. The van der Waals surface area contributed by atoms with Gasteiger partial charge < -0.3 is 25.6 Å². The van der Waals surface area contributed by atoms with Gasteiger partial charge in [0.25, 0.3) is 0 Å². The van der Waals surface area contributed by atoms with E-state index in [-0.39, 0.29) is 13.2 Å². The molecular formula is C12H22N4O3. The second-order valence-electron chi connectivity index (χ2n) is 4.12. The summed E-state index contributed by atoms with van der Waals surface area (Å²) in [5.74, 6) is 1.79. The molecule has 0 aliphatic heterocycles. The molecular weight excluding hydrogens is 248 g/mol. The average molecular weight is 270 g/mol. The number of hydrogen-bond acceptors (Lipinski definition) is 7. The van der Waals surface area contributed by atoms with Crippen molar-refractivity contribution >= 4 is 11.6 Å². The van der Waals surface area contributed by atoms with Gasteiger partial charge >= 0.3 is 0 Å². The number of aliphatic hydroxyl groups is 2. The molecule has 19 heavy (non-hydrogen) atoms. The summed E-state index contributed by atoms with van der Waals surface area (Å²) in [6, 6.07) is 1.30. The Kier molecular flexibility index (Phi) is 7.09. The lowest BCUT2D eigenvalue weighted by Crippen LogP contribution is -2.28. The van der Waals surface area contributed by atoms with Crippen molar-refractivity contribution in [1.29, 1.82) is 0 Å². The summed E-state index contributed by atoms with van der Waals surface area (Å²) in [6.07, 6.45) is 0.988. The lowest BCUT2D eigenvalue weighted by atomic mass is 10.3. The van der Waals surface area contributed by atoms with Gasteiger partial charge in [0.05, 0.1) is 19.3 Å². The van der Waals surface area contributed by atoms with Crippen LogP contribution in [0, 0.1) is 0 Å². The van der Waals surface area contributed by atoms with Crippen molar-refractivity contribution in [1.82, 2.24) is 9.97 Å². The van der Waals surface area contributed by atoms with Crippen LogP contribution in [0.2, 0.25) is 0 Å². The predicted molar refractivity (Wildman–Crippen MR) is 73.1 cm³/mol. The molecule has 0 aliphatic carbocycles. The Labute approximate surface area is 113 Å². The summed E-state index contributed by atoms with van der Waals surface area (Å²) in [4.78, 5) is 8.56. The first-order valence-corrected chi connectivity index (χ1v) is 6.32. The minimum atomic E-state index is -0.440. The summed E-state index contributed by atoms with van der Waals surface area (Å²) in [5, 5.41) is 24.2. The van der Waals surface area contributed by atoms with Crippen molar-refractivity contribution in [3.8, 4) is 0 Å². The number of ether oxygens (including phenoxy) is 1. The molecule has 0 spiro atoms. The van der Waals surface area contributed by atoms with Crippen molar-refractivity contribution in [3.05, 3.63) is 11.9 Å². The fraction of sp³-hybridized carbons (Fsp3) is 0.667. The molecule has 0 aromatic carbocycles. The molecule has 7 nitrogen and oxygen atoms in total. The molecule has 0 amide bonds. The Bertz CT molecular complexity index is 372. The van der Waals surface area contributed by atoms with Crippen LogP contribution < -0.4 is 10.6 Å². The van der Waals surface area contributed by atoms with Crippen molar-refractivity contribution < 1.29 is 14.9 Å². The van der Waals surface area contributed by atoms with Gasteiger partial charge in [0, 0.05) is 19.7 Å². The minimum absolute atomic E-state index is 0.169. The van der Waals surface area contributed by atoms with Crippen molar-refractivity contribution in [2.24, 2.45) is 0 Å². The highest BCUT2D eigenvalue weighted by molar-refractivity contribution is 5.48. The van der Waals surface area contributed by atoms with Crippen LogP contribution in [0.3, 0.4) is 0 Å². The Balaban J connectivity index is 2.85. The van der Waals surface area contributed by atoms with E-state index in [0.29, 0.717) is 24.1 Å². The molecule has 0 aliphatic rings. The third-order valence-electron chi connectivity index (χ3n) is 2.39. The van der Waals surface area contributed by atoms with E-state index in [1.807, 2.05) is 0 Å². The van der Waals surface area contributed by atoms with Crippen LogP contribution in [0.1, 0.15) is 19.2 Å². The Morgan fingerprint density at radius 2 is 1.95 bits per heavy atom. The van der Waals surface area contributed by atoms with E-state index in [1.165, 1.54) is 0 Å². The molecule has 7 heteroatoms. The third kappa shape index (κ3) is 5.37. The van der Waals surface area contributed by atoms with Gasteiger partial charge in [0.2, 0.25) is 0 Å². The number of nitrogens with zero attached hydrogens (tertiary/aromatic N) is 2. The molecule has 1 aromatic heterocycles. The SMILES string of the molecule is CCCNc1cc(NC(CO)CO)nc(COC)n1. The maximum Gasteiger partial charge on any atom is 0.158 e. The number of rotatable bonds is 9. The highest BCUT2D eigenvalue weighted by Gasteiger charge is 2.09. The second kappa shape index (κ2) is 8.63. The maximum atomic E-state index is 9.06. The van der Waals surface area contributed by atoms with Gasteiger partial charge in [-0.05, 0) is 6.42 Å². The molecule has 0 unspecified atom stereocenters. The normalized spacial score (nSPS) is 10.8. The lowest BCUT2D eigenvalue weighted by Gasteiger charge is -2.15. The average Bonchev–Trinajstić information content (AvgIpc) is 2.42. The third-order valence-corrected chi connectivity index (χ3v) is 2.39. The van der Waals surface area contributed by atoms with Gasteiger partial charge in [0.1, 0.15) is 18.2 Å². The molecule has 1 rings (SSSR count). The van der Waals surface area contributed by atoms with Gasteiger partial charge in [-0.25, -0.2) is 9.97 Å². The fourth-order valence-corrected chi connectivity index (χ4v) is 1.47. The van der Waals surface area contributed by atoms with Crippen molar-refractivity contribution in [3.63, 3.8) is 0 Å². The van der Waals surface area contributed by atoms with E-state index in [1.54, 1.807) is 13.2 Å². The molecule has 0 atom stereocenters. The number of anilines is 2. The predicted octanol–water partition coefficient (Wildman–Crippen LogP) is 0.210. The zero-order valence-corrected chi connectivity index (χ0v) is 11.4. The van der Waals surface area contributed by atoms with Gasteiger partial charge in [-0.1, -0.05) is 6.92 Å². The molecule has 4 N–H and O–H groups in total. The highest BCUT2D eigenvalue weighted by Crippen LogP contribution is 2.13. The molecule has 0 radical (unpaired) electrons. The molecule has 1 aromatic rings. The van der Waals surface area contributed by atoms with E-state index < -0.39 is 6.04 Å². The van der Waals surface area contributed by atoms with Crippen LogP contribution in [-0.4, -0.2) is 53.1 Å². The first-order chi connectivity index (χ1) is 9.23. The van der Waals surface area contributed by atoms with Crippen LogP contribution in [0.4, 0.5) is 11.6 Å². The van der Waals surface area contributed by atoms with Crippen LogP contribution >= 0.6 is 0 Å². The smallest absolute Gasteiger partial charge is 0.158 e. The zero-order valence-electron chi connectivity index (χ0n) is 11.4. The number of aliphatic hydroxyl groups excluding tert-OH is 2. The zero-order chi connectivity index (χ0) is 14.1. The molecule has 1 heterocycles. The highest BCUT2D eigenvalue weighted by atomic mass is 16.5. The summed E-state index contributed by atoms with van der Waals surface area (Å²) in [6.45, 7) is 2.85. The van der Waals surface area contributed by atoms with Gasteiger partial charge in [-0.15, -0.1) is 0 Å². The summed E-state index contributed by atoms with van der Waals surface area (Å²) in [5.41, 5.74) is 0. The standard InChI is InChI=1S/C12H22N4O3/c1-3-4-13-10-5-11(14-9(6-17)7-18)16-12(15-10)8-19-2/h5,9,17-18H,3-4,6-8H2,1-2H3,(H2,13,14,15,16). The number of nitrogens with one attached hydrogen (secondary N) is 2. The molecule has 0 fully saturated rings. The van der Waals surface area contributed by atoms with Crippen molar-refractivity contribution in [2.75, 3.05) is 37.5 Å².